The van der Waals surface area contributed by atoms with Crippen LogP contribution in [0.4, 0.5) is 10.5 Å². The van der Waals surface area contributed by atoms with E-state index >= 15 is 0 Å². The molecule has 0 fully saturated rings. The highest BCUT2D eigenvalue weighted by atomic mass is 16.7. The summed E-state index contributed by atoms with van der Waals surface area (Å²) in [5.74, 6) is 0.0818. The molecule has 20 heavy (non-hydrogen) atoms. The first kappa shape index (κ1) is 15.8. The van der Waals surface area contributed by atoms with E-state index in [1.54, 1.807) is 52.0 Å². The predicted octanol–water partition coefficient (Wildman–Crippen LogP) is 3.52. The van der Waals surface area contributed by atoms with E-state index in [0.29, 0.717) is 17.0 Å². The molecule has 0 saturated carbocycles. The molecular weight excluding hydrogens is 258 g/mol. The maximum Gasteiger partial charge on any atom is 0.514 e. The Balaban J connectivity index is 2.61. The lowest BCUT2D eigenvalue weighted by Gasteiger charge is -2.18. The summed E-state index contributed by atoms with van der Waals surface area (Å²) in [6, 6.07) is 6.39. The predicted molar refractivity (Wildman–Crippen MR) is 76.7 cm³/mol. The number of carbonyl (C=O) groups is 2. The Bertz CT molecular complexity index is 512. The third-order valence-corrected chi connectivity index (χ3v) is 2.09. The number of hydrogen-bond donors (Lipinski definition) is 1. The van der Waals surface area contributed by atoms with Crippen LogP contribution in [-0.4, -0.2) is 17.7 Å². The second kappa shape index (κ2) is 6.23. The van der Waals surface area contributed by atoms with Crippen LogP contribution < -0.4 is 10.1 Å². The maximum atomic E-state index is 11.5. The quantitative estimate of drug-likeness (QED) is 0.521. The average molecular weight is 277 g/mol. The standard InChI is InChI=1S/C15H19NO4/c1-10(2)13(17)16-11-6-8-12(9-7-11)19-14(18)20-15(3,4)5/h6-9H,1H2,2-5H3,(H,16,17). The second-order valence-electron chi connectivity index (χ2n) is 5.33. The van der Waals surface area contributed by atoms with Crippen molar-refractivity contribution in [2.75, 3.05) is 5.32 Å². The number of rotatable bonds is 3. The van der Waals surface area contributed by atoms with Crippen molar-refractivity contribution in [1.29, 1.82) is 0 Å². The number of carbonyl (C=O) groups excluding carboxylic acids is 2. The van der Waals surface area contributed by atoms with E-state index in [0.717, 1.165) is 0 Å². The minimum absolute atomic E-state index is 0.259. The molecule has 1 rings (SSSR count). The zero-order chi connectivity index (χ0) is 15.3. The molecule has 0 aliphatic rings. The molecular formula is C15H19NO4. The van der Waals surface area contributed by atoms with Gasteiger partial charge >= 0.3 is 6.16 Å². The normalized spacial score (nSPS) is 10.6. The first-order valence-corrected chi connectivity index (χ1v) is 6.15. The van der Waals surface area contributed by atoms with E-state index in [4.69, 9.17) is 9.47 Å². The van der Waals surface area contributed by atoms with Gasteiger partial charge in [-0.25, -0.2) is 4.79 Å². The van der Waals surface area contributed by atoms with Gasteiger partial charge < -0.3 is 14.8 Å². The lowest BCUT2D eigenvalue weighted by molar-refractivity contribution is -0.112. The maximum absolute atomic E-state index is 11.5. The third-order valence-electron chi connectivity index (χ3n) is 2.09. The average Bonchev–Trinajstić information content (AvgIpc) is 2.28. The van der Waals surface area contributed by atoms with Crippen molar-refractivity contribution in [3.05, 3.63) is 36.4 Å². The molecule has 0 aromatic heterocycles. The molecule has 0 bridgehead atoms. The Kier molecular flexibility index (Phi) is 4.91. The Morgan fingerprint density at radius 2 is 1.70 bits per heavy atom. The van der Waals surface area contributed by atoms with E-state index in [-0.39, 0.29) is 5.91 Å². The highest BCUT2D eigenvalue weighted by molar-refractivity contribution is 6.02. The van der Waals surface area contributed by atoms with Crippen molar-refractivity contribution < 1.29 is 19.1 Å². The SMILES string of the molecule is C=C(C)C(=O)Nc1ccc(OC(=O)OC(C)(C)C)cc1. The molecule has 5 heteroatoms. The van der Waals surface area contributed by atoms with Crippen LogP contribution >= 0.6 is 0 Å². The zero-order valence-corrected chi connectivity index (χ0v) is 12.1. The van der Waals surface area contributed by atoms with Crippen LogP contribution in [0.2, 0.25) is 0 Å². The van der Waals surface area contributed by atoms with Crippen molar-refractivity contribution in [3.8, 4) is 5.75 Å². The van der Waals surface area contributed by atoms with Gasteiger partial charge in [-0.1, -0.05) is 6.58 Å². The van der Waals surface area contributed by atoms with E-state index < -0.39 is 11.8 Å². The van der Waals surface area contributed by atoms with Gasteiger partial charge in [0.25, 0.3) is 5.91 Å². The Morgan fingerprint density at radius 1 is 1.15 bits per heavy atom. The molecule has 0 aliphatic carbocycles. The summed E-state index contributed by atoms with van der Waals surface area (Å²) in [6.45, 7) is 10.4. The van der Waals surface area contributed by atoms with Crippen LogP contribution in [-0.2, 0) is 9.53 Å². The fraction of sp³-hybridized carbons (Fsp3) is 0.333. The van der Waals surface area contributed by atoms with Gasteiger partial charge in [0.15, 0.2) is 0 Å². The summed E-state index contributed by atoms with van der Waals surface area (Å²) in [6.07, 6.45) is -0.767. The topological polar surface area (TPSA) is 64.6 Å². The Labute approximate surface area is 118 Å². The van der Waals surface area contributed by atoms with Crippen LogP contribution in [0.1, 0.15) is 27.7 Å². The van der Waals surface area contributed by atoms with Crippen molar-refractivity contribution in [2.24, 2.45) is 0 Å². The molecule has 0 aliphatic heterocycles. The fourth-order valence-electron chi connectivity index (χ4n) is 1.21. The van der Waals surface area contributed by atoms with E-state index in [1.165, 1.54) is 0 Å². The van der Waals surface area contributed by atoms with Gasteiger partial charge in [0, 0.05) is 11.3 Å². The number of anilines is 1. The van der Waals surface area contributed by atoms with Crippen molar-refractivity contribution in [3.63, 3.8) is 0 Å². The second-order valence-corrected chi connectivity index (χ2v) is 5.33. The van der Waals surface area contributed by atoms with Gasteiger partial charge in [-0.15, -0.1) is 0 Å². The summed E-state index contributed by atoms with van der Waals surface area (Å²) in [4.78, 5) is 22.9. The van der Waals surface area contributed by atoms with Gasteiger partial charge in [0.2, 0.25) is 0 Å². The summed E-state index contributed by atoms with van der Waals surface area (Å²) in [5, 5.41) is 2.65. The number of hydrogen-bond acceptors (Lipinski definition) is 4. The minimum Gasteiger partial charge on any atom is -0.428 e. The summed E-state index contributed by atoms with van der Waals surface area (Å²) < 4.78 is 10.0. The molecule has 0 spiro atoms. The Morgan fingerprint density at radius 3 is 2.15 bits per heavy atom. The monoisotopic (exact) mass is 277 g/mol. The molecule has 0 heterocycles. The summed E-state index contributed by atoms with van der Waals surface area (Å²) >= 11 is 0. The van der Waals surface area contributed by atoms with Gasteiger partial charge in [0.1, 0.15) is 11.4 Å². The molecule has 1 aromatic carbocycles. The smallest absolute Gasteiger partial charge is 0.428 e. The lowest BCUT2D eigenvalue weighted by atomic mass is 10.2. The molecule has 0 unspecified atom stereocenters. The first-order chi connectivity index (χ1) is 9.17. The number of amides is 1. The molecule has 1 amide bonds. The molecule has 108 valence electrons. The van der Waals surface area contributed by atoms with Gasteiger partial charge in [-0.05, 0) is 52.0 Å². The van der Waals surface area contributed by atoms with Crippen LogP contribution in [0, 0.1) is 0 Å². The molecule has 5 nitrogen and oxygen atoms in total. The number of nitrogens with one attached hydrogen (secondary N) is 1. The zero-order valence-electron chi connectivity index (χ0n) is 12.1. The molecule has 0 saturated heterocycles. The van der Waals surface area contributed by atoms with Gasteiger partial charge in [-0.3, -0.25) is 4.79 Å². The highest BCUT2D eigenvalue weighted by Crippen LogP contribution is 2.18. The van der Waals surface area contributed by atoms with Crippen molar-refractivity contribution >= 4 is 17.7 Å². The van der Waals surface area contributed by atoms with Gasteiger partial charge in [0.05, 0.1) is 0 Å². The third kappa shape index (κ3) is 5.56. The molecule has 1 aromatic rings. The minimum atomic E-state index is -0.767. The molecule has 0 atom stereocenters. The van der Waals surface area contributed by atoms with Crippen LogP contribution in [0.25, 0.3) is 0 Å². The van der Waals surface area contributed by atoms with Crippen LogP contribution in [0.3, 0.4) is 0 Å². The van der Waals surface area contributed by atoms with E-state index in [2.05, 4.69) is 11.9 Å². The van der Waals surface area contributed by atoms with Crippen LogP contribution in [0.15, 0.2) is 36.4 Å². The van der Waals surface area contributed by atoms with E-state index in [1.807, 2.05) is 0 Å². The number of benzene rings is 1. The number of ether oxygens (including phenoxy) is 2. The largest absolute Gasteiger partial charge is 0.514 e. The first-order valence-electron chi connectivity index (χ1n) is 6.15. The van der Waals surface area contributed by atoms with E-state index in [9.17, 15) is 9.59 Å². The van der Waals surface area contributed by atoms with Gasteiger partial charge in [-0.2, -0.15) is 0 Å². The van der Waals surface area contributed by atoms with Crippen molar-refractivity contribution in [2.45, 2.75) is 33.3 Å². The summed E-state index contributed by atoms with van der Waals surface area (Å²) in [7, 11) is 0. The summed E-state index contributed by atoms with van der Waals surface area (Å²) in [5.41, 5.74) is 0.403. The van der Waals surface area contributed by atoms with Crippen LogP contribution in [0.5, 0.6) is 5.75 Å². The highest BCUT2D eigenvalue weighted by Gasteiger charge is 2.17. The lowest BCUT2D eigenvalue weighted by Crippen LogP contribution is -2.25. The fourth-order valence-corrected chi connectivity index (χ4v) is 1.21. The Hall–Kier alpha value is -2.30. The molecule has 1 N–H and O–H groups in total. The molecule has 0 radical (unpaired) electrons. The van der Waals surface area contributed by atoms with Crippen molar-refractivity contribution in [1.82, 2.24) is 0 Å².